The highest BCUT2D eigenvalue weighted by molar-refractivity contribution is 7.17. The number of carbonyl (C=O) groups is 1. The van der Waals surface area contributed by atoms with Crippen molar-refractivity contribution in [3.63, 3.8) is 0 Å². The van der Waals surface area contributed by atoms with E-state index in [1.165, 1.54) is 11.3 Å². The Bertz CT molecular complexity index is 863. The molecule has 3 heterocycles. The molecule has 0 saturated carbocycles. The van der Waals surface area contributed by atoms with Gasteiger partial charge in [-0.25, -0.2) is 9.97 Å². The Morgan fingerprint density at radius 1 is 1.16 bits per heavy atom. The fraction of sp³-hybridized carbons (Fsp3) is 0.222. The van der Waals surface area contributed by atoms with Gasteiger partial charge >= 0.3 is 0 Å². The van der Waals surface area contributed by atoms with Gasteiger partial charge in [0.1, 0.15) is 10.7 Å². The number of nitrogens with zero attached hydrogens (tertiary/aromatic N) is 3. The van der Waals surface area contributed by atoms with Gasteiger partial charge in [0.15, 0.2) is 5.13 Å². The molecule has 128 valence electrons. The van der Waals surface area contributed by atoms with E-state index in [4.69, 9.17) is 0 Å². The third kappa shape index (κ3) is 4.60. The van der Waals surface area contributed by atoms with Crippen molar-refractivity contribution in [1.82, 2.24) is 20.3 Å². The first-order chi connectivity index (χ1) is 12.1. The molecule has 7 heteroatoms. The van der Waals surface area contributed by atoms with Crippen molar-refractivity contribution < 1.29 is 4.79 Å². The van der Waals surface area contributed by atoms with Crippen molar-refractivity contribution in [1.29, 1.82) is 0 Å². The molecule has 1 amide bonds. The molecule has 2 N–H and O–H groups in total. The number of amides is 1. The maximum Gasteiger partial charge on any atom is 0.263 e. The second kappa shape index (κ2) is 7.85. The number of rotatable bonds is 6. The summed E-state index contributed by atoms with van der Waals surface area (Å²) in [6.45, 7) is 4.37. The van der Waals surface area contributed by atoms with Gasteiger partial charge in [0.05, 0.1) is 5.69 Å². The Morgan fingerprint density at radius 2 is 2.04 bits per heavy atom. The van der Waals surface area contributed by atoms with Gasteiger partial charge in [0, 0.05) is 31.1 Å². The summed E-state index contributed by atoms with van der Waals surface area (Å²) in [5, 5.41) is 6.73. The third-order valence-corrected chi connectivity index (χ3v) is 4.62. The summed E-state index contributed by atoms with van der Waals surface area (Å²) in [5.74, 6) is 0.604. The second-order valence-electron chi connectivity index (χ2n) is 5.60. The van der Waals surface area contributed by atoms with Crippen LogP contribution in [0.3, 0.4) is 0 Å². The van der Waals surface area contributed by atoms with E-state index in [0.717, 1.165) is 17.1 Å². The van der Waals surface area contributed by atoms with Crippen molar-refractivity contribution in [2.75, 3.05) is 11.9 Å². The summed E-state index contributed by atoms with van der Waals surface area (Å²) in [6, 6.07) is 9.62. The van der Waals surface area contributed by atoms with E-state index in [0.29, 0.717) is 28.7 Å². The topological polar surface area (TPSA) is 79.8 Å². The normalized spacial score (nSPS) is 10.5. The summed E-state index contributed by atoms with van der Waals surface area (Å²) in [7, 11) is 0. The number of aryl methyl sites for hydroxylation is 2. The van der Waals surface area contributed by atoms with Crippen LogP contribution in [0, 0.1) is 13.8 Å². The van der Waals surface area contributed by atoms with Gasteiger partial charge in [0.2, 0.25) is 0 Å². The minimum atomic E-state index is -0.115. The zero-order valence-corrected chi connectivity index (χ0v) is 14.9. The molecule has 3 rings (SSSR count). The summed E-state index contributed by atoms with van der Waals surface area (Å²) < 4.78 is 0. The molecule has 3 aromatic heterocycles. The molecule has 0 aliphatic heterocycles. The van der Waals surface area contributed by atoms with Crippen molar-refractivity contribution in [2.24, 2.45) is 0 Å². The summed E-state index contributed by atoms with van der Waals surface area (Å²) in [6.07, 6.45) is 4.19. The zero-order chi connectivity index (χ0) is 17.6. The fourth-order valence-corrected chi connectivity index (χ4v) is 3.19. The smallest absolute Gasteiger partial charge is 0.263 e. The zero-order valence-electron chi connectivity index (χ0n) is 14.1. The van der Waals surface area contributed by atoms with Gasteiger partial charge in [-0.05, 0) is 43.7 Å². The number of thiazole rings is 1. The number of nitrogens with one attached hydrogen (secondary N) is 2. The van der Waals surface area contributed by atoms with Crippen LogP contribution in [0.5, 0.6) is 0 Å². The maximum atomic E-state index is 12.4. The largest absolute Gasteiger partial charge is 0.351 e. The van der Waals surface area contributed by atoms with Crippen LogP contribution in [-0.4, -0.2) is 27.4 Å². The van der Waals surface area contributed by atoms with Crippen LogP contribution >= 0.6 is 11.3 Å². The number of pyridine rings is 2. The second-order valence-corrected chi connectivity index (χ2v) is 6.60. The first kappa shape index (κ1) is 17.0. The molecule has 3 aromatic rings. The van der Waals surface area contributed by atoms with Crippen molar-refractivity contribution in [2.45, 2.75) is 20.3 Å². The van der Waals surface area contributed by atoms with Crippen LogP contribution in [0.4, 0.5) is 10.9 Å². The molecule has 0 fully saturated rings. The highest BCUT2D eigenvalue weighted by atomic mass is 32.1. The van der Waals surface area contributed by atoms with Crippen molar-refractivity contribution in [3.05, 3.63) is 64.6 Å². The third-order valence-electron chi connectivity index (χ3n) is 3.55. The molecular weight excluding hydrogens is 334 g/mol. The number of hydrogen-bond acceptors (Lipinski definition) is 6. The van der Waals surface area contributed by atoms with Crippen LogP contribution in [0.15, 0.2) is 42.7 Å². The Kier molecular flexibility index (Phi) is 5.35. The fourth-order valence-electron chi connectivity index (χ4n) is 2.31. The van der Waals surface area contributed by atoms with Crippen LogP contribution in [-0.2, 0) is 6.42 Å². The van der Waals surface area contributed by atoms with E-state index in [1.54, 1.807) is 12.4 Å². The molecule has 0 saturated heterocycles. The predicted molar refractivity (Wildman–Crippen MR) is 99.4 cm³/mol. The number of hydrogen-bond donors (Lipinski definition) is 2. The van der Waals surface area contributed by atoms with Gasteiger partial charge in [-0.15, -0.1) is 0 Å². The first-order valence-electron chi connectivity index (χ1n) is 7.97. The molecule has 0 radical (unpaired) electrons. The van der Waals surface area contributed by atoms with E-state index in [9.17, 15) is 4.79 Å². The molecule has 0 bridgehead atoms. The molecule has 0 aliphatic carbocycles. The predicted octanol–water partition coefficient (Wildman–Crippen LogP) is 3.27. The Balaban J connectivity index is 1.60. The lowest BCUT2D eigenvalue weighted by atomic mass is 10.2. The van der Waals surface area contributed by atoms with Gasteiger partial charge < -0.3 is 10.6 Å². The molecular formula is C18H19N5OS. The standard InChI is InChI=1S/C18H19N5OS/c1-12-6-9-20-15(11-12)23-18-22-13(2)16(25-18)17(24)21-10-7-14-5-3-4-8-19-14/h3-6,8-9,11H,7,10H2,1-2H3,(H,21,24)(H,20,22,23). The molecule has 0 unspecified atom stereocenters. The quantitative estimate of drug-likeness (QED) is 0.711. The van der Waals surface area contributed by atoms with Crippen LogP contribution < -0.4 is 10.6 Å². The highest BCUT2D eigenvalue weighted by Gasteiger charge is 2.15. The molecule has 6 nitrogen and oxygen atoms in total. The number of aromatic nitrogens is 3. The minimum Gasteiger partial charge on any atom is -0.351 e. The van der Waals surface area contributed by atoms with Crippen LogP contribution in [0.2, 0.25) is 0 Å². The van der Waals surface area contributed by atoms with Gasteiger partial charge in [0.25, 0.3) is 5.91 Å². The SMILES string of the molecule is Cc1ccnc(Nc2nc(C)c(C(=O)NCCc3ccccn3)s2)c1. The highest BCUT2D eigenvalue weighted by Crippen LogP contribution is 2.25. The van der Waals surface area contributed by atoms with Crippen molar-refractivity contribution >= 4 is 28.2 Å². The van der Waals surface area contributed by atoms with Gasteiger partial charge in [-0.3, -0.25) is 9.78 Å². The molecule has 0 aliphatic rings. The van der Waals surface area contributed by atoms with Gasteiger partial charge in [-0.2, -0.15) is 0 Å². The number of carbonyl (C=O) groups excluding carboxylic acids is 1. The Hall–Kier alpha value is -2.80. The summed E-state index contributed by atoms with van der Waals surface area (Å²) in [5.41, 5.74) is 2.77. The first-order valence-corrected chi connectivity index (χ1v) is 8.78. The Morgan fingerprint density at radius 3 is 2.80 bits per heavy atom. The van der Waals surface area contributed by atoms with Crippen LogP contribution in [0.1, 0.15) is 26.6 Å². The lowest BCUT2D eigenvalue weighted by Crippen LogP contribution is -2.25. The molecule has 0 aromatic carbocycles. The van der Waals surface area contributed by atoms with E-state index in [2.05, 4.69) is 25.6 Å². The van der Waals surface area contributed by atoms with E-state index in [-0.39, 0.29) is 5.91 Å². The van der Waals surface area contributed by atoms with Gasteiger partial charge in [-0.1, -0.05) is 17.4 Å². The molecule has 0 spiro atoms. The average Bonchev–Trinajstić information content (AvgIpc) is 2.96. The van der Waals surface area contributed by atoms with E-state index in [1.807, 2.05) is 44.2 Å². The molecule has 25 heavy (non-hydrogen) atoms. The summed E-state index contributed by atoms with van der Waals surface area (Å²) >= 11 is 1.32. The summed E-state index contributed by atoms with van der Waals surface area (Å²) in [4.78, 5) is 25.9. The minimum absolute atomic E-state index is 0.115. The Labute approximate surface area is 150 Å². The monoisotopic (exact) mass is 353 g/mol. The van der Waals surface area contributed by atoms with Crippen LogP contribution in [0.25, 0.3) is 0 Å². The van der Waals surface area contributed by atoms with E-state index < -0.39 is 0 Å². The lowest BCUT2D eigenvalue weighted by Gasteiger charge is -2.03. The number of anilines is 2. The molecule has 0 atom stereocenters. The van der Waals surface area contributed by atoms with E-state index >= 15 is 0 Å². The van der Waals surface area contributed by atoms with Crippen molar-refractivity contribution in [3.8, 4) is 0 Å². The maximum absolute atomic E-state index is 12.4. The average molecular weight is 353 g/mol. The lowest BCUT2D eigenvalue weighted by molar-refractivity contribution is 0.0957.